The molecule has 0 heterocycles. The Morgan fingerprint density at radius 1 is 1.53 bits per heavy atom. The van der Waals surface area contributed by atoms with Crippen LogP contribution >= 0.6 is 0 Å². The average Bonchev–Trinajstić information content (AvgIpc) is 2.73. The maximum atomic E-state index is 11.1. The standard InChI is InChI=1S/C12H23NO4/c1-3-17-12(15)7-9(14)8-13-10-5-4-6-11(10)16-2/h9-11,13-14H,3-8H2,1-2H3. The predicted octanol–water partition coefficient (Wildman–Crippen LogP) is 0.458. The fourth-order valence-electron chi connectivity index (χ4n) is 2.21. The maximum absolute atomic E-state index is 11.1. The van der Waals surface area contributed by atoms with Crippen LogP contribution in [0.5, 0.6) is 0 Å². The lowest BCUT2D eigenvalue weighted by Gasteiger charge is -2.21. The predicted molar refractivity (Wildman–Crippen MR) is 63.7 cm³/mol. The SMILES string of the molecule is CCOC(=O)CC(O)CNC1CCCC1OC. The molecule has 1 saturated carbocycles. The monoisotopic (exact) mass is 245 g/mol. The molecule has 0 spiro atoms. The summed E-state index contributed by atoms with van der Waals surface area (Å²) in [6, 6.07) is 0.289. The van der Waals surface area contributed by atoms with E-state index in [1.54, 1.807) is 14.0 Å². The molecular weight excluding hydrogens is 222 g/mol. The van der Waals surface area contributed by atoms with E-state index in [-0.39, 0.29) is 24.5 Å². The molecule has 5 heteroatoms. The molecule has 0 saturated heterocycles. The highest BCUT2D eigenvalue weighted by molar-refractivity contribution is 5.69. The molecular formula is C12H23NO4. The van der Waals surface area contributed by atoms with Crippen molar-refractivity contribution in [2.24, 2.45) is 0 Å². The zero-order valence-electron chi connectivity index (χ0n) is 10.6. The van der Waals surface area contributed by atoms with Gasteiger partial charge < -0.3 is 19.9 Å². The first kappa shape index (κ1) is 14.4. The van der Waals surface area contributed by atoms with Crippen molar-refractivity contribution < 1.29 is 19.4 Å². The second-order valence-corrected chi connectivity index (χ2v) is 4.38. The zero-order chi connectivity index (χ0) is 12.7. The van der Waals surface area contributed by atoms with E-state index in [2.05, 4.69) is 5.32 Å². The summed E-state index contributed by atoms with van der Waals surface area (Å²) in [5.41, 5.74) is 0. The number of carbonyl (C=O) groups is 1. The van der Waals surface area contributed by atoms with E-state index in [4.69, 9.17) is 9.47 Å². The van der Waals surface area contributed by atoms with Crippen molar-refractivity contribution in [3.05, 3.63) is 0 Å². The maximum Gasteiger partial charge on any atom is 0.308 e. The Morgan fingerprint density at radius 2 is 2.29 bits per heavy atom. The first-order chi connectivity index (χ1) is 8.17. The summed E-state index contributed by atoms with van der Waals surface area (Å²) in [6.07, 6.45) is 2.85. The van der Waals surface area contributed by atoms with Crippen molar-refractivity contribution in [1.82, 2.24) is 5.32 Å². The molecule has 5 nitrogen and oxygen atoms in total. The molecule has 1 aliphatic rings. The van der Waals surface area contributed by atoms with E-state index in [1.165, 1.54) is 0 Å². The van der Waals surface area contributed by atoms with Gasteiger partial charge in [-0.2, -0.15) is 0 Å². The van der Waals surface area contributed by atoms with Gasteiger partial charge in [0.25, 0.3) is 0 Å². The minimum absolute atomic E-state index is 0.0468. The van der Waals surface area contributed by atoms with Crippen LogP contribution in [0.1, 0.15) is 32.6 Å². The normalized spacial score (nSPS) is 25.8. The van der Waals surface area contributed by atoms with Crippen molar-refractivity contribution in [2.45, 2.75) is 50.9 Å². The van der Waals surface area contributed by atoms with E-state index in [0.29, 0.717) is 13.2 Å². The van der Waals surface area contributed by atoms with Crippen LogP contribution in [0.25, 0.3) is 0 Å². The summed E-state index contributed by atoms with van der Waals surface area (Å²) in [4.78, 5) is 11.1. The van der Waals surface area contributed by atoms with E-state index in [9.17, 15) is 9.90 Å². The van der Waals surface area contributed by atoms with Gasteiger partial charge in [0, 0.05) is 19.7 Å². The number of hydrogen-bond donors (Lipinski definition) is 2. The molecule has 0 aromatic rings. The van der Waals surface area contributed by atoms with Gasteiger partial charge in [-0.1, -0.05) is 0 Å². The third-order valence-corrected chi connectivity index (χ3v) is 3.08. The Kier molecular flexibility index (Phi) is 6.47. The Hall–Kier alpha value is -0.650. The summed E-state index contributed by atoms with van der Waals surface area (Å²) in [5.74, 6) is -0.350. The molecule has 0 bridgehead atoms. The van der Waals surface area contributed by atoms with Crippen LogP contribution < -0.4 is 5.32 Å². The molecule has 100 valence electrons. The highest BCUT2D eigenvalue weighted by Gasteiger charge is 2.27. The van der Waals surface area contributed by atoms with Gasteiger partial charge in [0.1, 0.15) is 0 Å². The Morgan fingerprint density at radius 3 is 2.94 bits per heavy atom. The van der Waals surface area contributed by atoms with Crippen LogP contribution in [-0.4, -0.2) is 49.6 Å². The smallest absolute Gasteiger partial charge is 0.308 e. The highest BCUT2D eigenvalue weighted by Crippen LogP contribution is 2.21. The van der Waals surface area contributed by atoms with Crippen molar-refractivity contribution in [2.75, 3.05) is 20.3 Å². The third-order valence-electron chi connectivity index (χ3n) is 3.08. The van der Waals surface area contributed by atoms with Gasteiger partial charge in [0.15, 0.2) is 0 Å². The molecule has 0 amide bonds. The molecule has 1 fully saturated rings. The molecule has 3 atom stereocenters. The summed E-state index contributed by atoms with van der Waals surface area (Å²) in [5, 5.41) is 12.9. The minimum atomic E-state index is -0.688. The van der Waals surface area contributed by atoms with E-state index < -0.39 is 6.10 Å². The van der Waals surface area contributed by atoms with Crippen molar-refractivity contribution in [3.63, 3.8) is 0 Å². The van der Waals surface area contributed by atoms with Crippen LogP contribution in [0, 0.1) is 0 Å². The second-order valence-electron chi connectivity index (χ2n) is 4.38. The topological polar surface area (TPSA) is 67.8 Å². The molecule has 0 aromatic heterocycles. The summed E-state index contributed by atoms with van der Waals surface area (Å²) in [6.45, 7) is 2.51. The number of esters is 1. The quantitative estimate of drug-likeness (QED) is 0.638. The van der Waals surface area contributed by atoms with Crippen LogP contribution in [0.15, 0.2) is 0 Å². The molecule has 0 radical (unpaired) electrons. The molecule has 1 rings (SSSR count). The van der Waals surface area contributed by atoms with Crippen molar-refractivity contribution in [3.8, 4) is 0 Å². The summed E-state index contributed by atoms with van der Waals surface area (Å²) >= 11 is 0. The fraction of sp³-hybridized carbons (Fsp3) is 0.917. The number of hydrogen-bond acceptors (Lipinski definition) is 5. The number of nitrogens with one attached hydrogen (secondary N) is 1. The van der Waals surface area contributed by atoms with Crippen molar-refractivity contribution >= 4 is 5.97 Å². The van der Waals surface area contributed by atoms with Gasteiger partial charge in [-0.15, -0.1) is 0 Å². The van der Waals surface area contributed by atoms with E-state index in [1.807, 2.05) is 0 Å². The van der Waals surface area contributed by atoms with Gasteiger partial charge in [-0.3, -0.25) is 4.79 Å². The number of carbonyl (C=O) groups excluding carboxylic acids is 1. The van der Waals surface area contributed by atoms with Gasteiger partial charge in [0.05, 0.1) is 25.2 Å². The molecule has 3 unspecified atom stereocenters. The lowest BCUT2D eigenvalue weighted by atomic mass is 10.2. The first-order valence-corrected chi connectivity index (χ1v) is 6.27. The lowest BCUT2D eigenvalue weighted by Crippen LogP contribution is -2.41. The van der Waals surface area contributed by atoms with Gasteiger partial charge >= 0.3 is 5.97 Å². The fourth-order valence-corrected chi connectivity index (χ4v) is 2.21. The zero-order valence-corrected chi connectivity index (χ0v) is 10.6. The second kappa shape index (κ2) is 7.63. The largest absolute Gasteiger partial charge is 0.466 e. The minimum Gasteiger partial charge on any atom is -0.466 e. The van der Waals surface area contributed by atoms with Crippen LogP contribution in [0.2, 0.25) is 0 Å². The van der Waals surface area contributed by atoms with Crippen molar-refractivity contribution in [1.29, 1.82) is 0 Å². The van der Waals surface area contributed by atoms with Gasteiger partial charge in [-0.25, -0.2) is 0 Å². The molecule has 0 aromatic carbocycles. The van der Waals surface area contributed by atoms with Crippen LogP contribution in [-0.2, 0) is 14.3 Å². The number of aliphatic hydroxyl groups is 1. The molecule has 17 heavy (non-hydrogen) atoms. The van der Waals surface area contributed by atoms with Crippen LogP contribution in [0.3, 0.4) is 0 Å². The Bertz CT molecular complexity index is 235. The Labute approximate surface area is 102 Å². The highest BCUT2D eigenvalue weighted by atomic mass is 16.5. The number of rotatable bonds is 7. The average molecular weight is 245 g/mol. The van der Waals surface area contributed by atoms with Gasteiger partial charge in [0.2, 0.25) is 0 Å². The third kappa shape index (κ3) is 5.02. The van der Waals surface area contributed by atoms with Crippen LogP contribution in [0.4, 0.5) is 0 Å². The van der Waals surface area contributed by atoms with E-state index >= 15 is 0 Å². The molecule has 0 aliphatic heterocycles. The van der Waals surface area contributed by atoms with E-state index in [0.717, 1.165) is 19.3 Å². The lowest BCUT2D eigenvalue weighted by molar-refractivity contribution is -0.145. The molecule has 1 aliphatic carbocycles. The van der Waals surface area contributed by atoms with Gasteiger partial charge in [-0.05, 0) is 26.2 Å². The Balaban J connectivity index is 2.18. The first-order valence-electron chi connectivity index (χ1n) is 6.27. The number of methoxy groups -OCH3 is 1. The molecule has 2 N–H and O–H groups in total. The number of aliphatic hydroxyl groups excluding tert-OH is 1. The number of ether oxygens (including phenoxy) is 2. The summed E-state index contributed by atoms with van der Waals surface area (Å²) < 4.78 is 10.1. The summed E-state index contributed by atoms with van der Waals surface area (Å²) in [7, 11) is 1.71.